The Morgan fingerprint density at radius 1 is 1.00 bits per heavy atom. The molecular formula is C17H18Cl3F3N6O. The number of nitrogens with zero attached hydrogens (tertiary/aromatic N) is 4. The summed E-state index contributed by atoms with van der Waals surface area (Å²) in [6.07, 6.45) is -2.97. The van der Waals surface area contributed by atoms with Crippen molar-refractivity contribution in [1.82, 2.24) is 19.9 Å². The molecule has 164 valence electrons. The van der Waals surface area contributed by atoms with Crippen LogP contribution in [0.4, 0.5) is 30.8 Å². The summed E-state index contributed by atoms with van der Waals surface area (Å²) in [5.74, 6) is -0.126. The Morgan fingerprint density at radius 3 is 2.17 bits per heavy atom. The molecule has 1 aromatic heterocycles. The van der Waals surface area contributed by atoms with E-state index in [0.717, 1.165) is 38.1 Å². The molecule has 1 fully saturated rings. The van der Waals surface area contributed by atoms with Gasteiger partial charge in [0, 0.05) is 11.7 Å². The van der Waals surface area contributed by atoms with E-state index in [-0.39, 0.29) is 29.5 Å². The fraction of sp³-hybridized carbons (Fsp3) is 0.471. The van der Waals surface area contributed by atoms with Gasteiger partial charge >= 0.3 is 6.36 Å². The number of anilines is 3. The van der Waals surface area contributed by atoms with Crippen molar-refractivity contribution in [2.75, 3.05) is 30.8 Å². The second-order valence-electron chi connectivity index (χ2n) is 6.72. The topological polar surface area (TPSA) is 75.2 Å². The highest BCUT2D eigenvalue weighted by atomic mass is 35.6. The summed E-state index contributed by atoms with van der Waals surface area (Å²) in [5, 5.41) is 6.09. The van der Waals surface area contributed by atoms with Crippen LogP contribution in [0.1, 0.15) is 18.7 Å². The van der Waals surface area contributed by atoms with Gasteiger partial charge in [-0.15, -0.1) is 13.2 Å². The van der Waals surface area contributed by atoms with E-state index in [2.05, 4.69) is 35.2 Å². The lowest BCUT2D eigenvalue weighted by Crippen LogP contribution is -2.37. The SMILES string of the molecule is CN1CCC(Nc2nc(Nc3ccc(OC(F)(F)F)cc3)nc(C(Cl)(Cl)Cl)n2)CC1. The number of nitrogens with one attached hydrogen (secondary N) is 2. The van der Waals surface area contributed by atoms with Crippen LogP contribution in [-0.2, 0) is 3.79 Å². The molecule has 2 N–H and O–H groups in total. The zero-order valence-corrected chi connectivity index (χ0v) is 17.9. The first kappa shape index (κ1) is 22.9. The molecule has 13 heteroatoms. The number of rotatable bonds is 5. The number of aromatic nitrogens is 3. The van der Waals surface area contributed by atoms with Gasteiger partial charge in [-0.3, -0.25) is 0 Å². The van der Waals surface area contributed by atoms with Crippen LogP contribution in [0, 0.1) is 0 Å². The summed E-state index contributed by atoms with van der Waals surface area (Å²) in [5.41, 5.74) is 0.413. The fourth-order valence-corrected chi connectivity index (χ4v) is 3.08. The second-order valence-corrected chi connectivity index (χ2v) is 9.00. The third-order valence-electron chi connectivity index (χ3n) is 4.28. The van der Waals surface area contributed by atoms with Crippen LogP contribution in [0.3, 0.4) is 0 Å². The molecule has 0 saturated carbocycles. The van der Waals surface area contributed by atoms with E-state index in [4.69, 9.17) is 34.8 Å². The summed E-state index contributed by atoms with van der Waals surface area (Å²) < 4.78 is 38.8. The normalized spacial score (nSPS) is 16.4. The minimum atomic E-state index is -4.77. The zero-order valence-electron chi connectivity index (χ0n) is 15.7. The summed E-state index contributed by atoms with van der Waals surface area (Å²) in [6.45, 7) is 1.86. The minimum absolute atomic E-state index is 0.0752. The monoisotopic (exact) mass is 484 g/mol. The predicted molar refractivity (Wildman–Crippen MR) is 110 cm³/mol. The number of benzene rings is 1. The maximum Gasteiger partial charge on any atom is 0.573 e. The molecule has 0 bridgehead atoms. The summed E-state index contributed by atoms with van der Waals surface area (Å²) >= 11 is 17.8. The number of hydrogen-bond acceptors (Lipinski definition) is 7. The van der Waals surface area contributed by atoms with E-state index < -0.39 is 10.2 Å². The molecule has 3 rings (SSSR count). The molecule has 1 aromatic carbocycles. The third-order valence-corrected chi connectivity index (χ3v) is 4.79. The van der Waals surface area contributed by atoms with Crippen molar-refractivity contribution >= 4 is 52.4 Å². The number of alkyl halides is 6. The quantitative estimate of drug-likeness (QED) is 0.587. The van der Waals surface area contributed by atoms with Crippen LogP contribution in [0.25, 0.3) is 0 Å². The summed E-state index contributed by atoms with van der Waals surface area (Å²) in [6, 6.07) is 5.22. The van der Waals surface area contributed by atoms with Crippen molar-refractivity contribution in [3.8, 4) is 5.75 Å². The second kappa shape index (κ2) is 9.17. The molecule has 2 heterocycles. The fourth-order valence-electron chi connectivity index (χ4n) is 2.83. The van der Waals surface area contributed by atoms with Crippen LogP contribution in [-0.4, -0.2) is 52.4 Å². The Balaban J connectivity index is 1.77. The van der Waals surface area contributed by atoms with Gasteiger partial charge in [0.2, 0.25) is 15.7 Å². The molecule has 1 aliphatic rings. The highest BCUT2D eigenvalue weighted by molar-refractivity contribution is 6.66. The van der Waals surface area contributed by atoms with Crippen LogP contribution >= 0.6 is 34.8 Å². The van der Waals surface area contributed by atoms with E-state index in [1.165, 1.54) is 12.1 Å². The third kappa shape index (κ3) is 6.90. The lowest BCUT2D eigenvalue weighted by Gasteiger charge is -2.29. The van der Waals surface area contributed by atoms with Crippen molar-refractivity contribution in [2.24, 2.45) is 0 Å². The molecule has 30 heavy (non-hydrogen) atoms. The van der Waals surface area contributed by atoms with E-state index in [0.29, 0.717) is 5.69 Å². The smallest absolute Gasteiger partial charge is 0.406 e. The first-order chi connectivity index (χ1) is 14.0. The van der Waals surface area contributed by atoms with Crippen molar-refractivity contribution in [3.63, 3.8) is 0 Å². The average Bonchev–Trinajstić information content (AvgIpc) is 2.63. The van der Waals surface area contributed by atoms with E-state index in [1.807, 2.05) is 7.05 Å². The van der Waals surface area contributed by atoms with Crippen molar-refractivity contribution in [2.45, 2.75) is 29.0 Å². The van der Waals surface area contributed by atoms with Crippen LogP contribution in [0.2, 0.25) is 0 Å². The van der Waals surface area contributed by atoms with E-state index >= 15 is 0 Å². The lowest BCUT2D eigenvalue weighted by molar-refractivity contribution is -0.274. The highest BCUT2D eigenvalue weighted by Crippen LogP contribution is 2.37. The number of likely N-dealkylation sites (tertiary alicyclic amines) is 1. The van der Waals surface area contributed by atoms with Gasteiger partial charge < -0.3 is 20.3 Å². The van der Waals surface area contributed by atoms with Crippen LogP contribution in [0.5, 0.6) is 5.75 Å². The van der Waals surface area contributed by atoms with E-state index in [9.17, 15) is 13.2 Å². The van der Waals surface area contributed by atoms with Gasteiger partial charge in [-0.25, -0.2) is 0 Å². The molecule has 1 saturated heterocycles. The number of ether oxygens (including phenoxy) is 1. The molecule has 0 aliphatic carbocycles. The van der Waals surface area contributed by atoms with Gasteiger partial charge in [0.05, 0.1) is 0 Å². The van der Waals surface area contributed by atoms with Gasteiger partial charge in [0.1, 0.15) is 5.75 Å². The maximum atomic E-state index is 12.3. The summed E-state index contributed by atoms with van der Waals surface area (Å²) in [7, 11) is 2.05. The van der Waals surface area contributed by atoms with Gasteiger partial charge in [-0.2, -0.15) is 15.0 Å². The molecule has 0 radical (unpaired) electrons. The number of halogens is 6. The standard InChI is InChI=1S/C17H18Cl3F3N6O/c1-29-8-6-11(7-9-29)25-15-27-13(16(18,19)20)26-14(28-15)24-10-2-4-12(5-3-10)30-17(21,22)23/h2-5,11H,6-9H2,1H3,(H2,24,25,26,27,28). The first-order valence-electron chi connectivity index (χ1n) is 8.89. The van der Waals surface area contributed by atoms with Gasteiger partial charge in [0.15, 0.2) is 5.82 Å². The lowest BCUT2D eigenvalue weighted by atomic mass is 10.1. The number of piperidine rings is 1. The van der Waals surface area contributed by atoms with Crippen molar-refractivity contribution in [1.29, 1.82) is 0 Å². The average molecular weight is 486 g/mol. The Hall–Kier alpha value is -1.75. The van der Waals surface area contributed by atoms with Crippen molar-refractivity contribution < 1.29 is 17.9 Å². The predicted octanol–water partition coefficient (Wildman–Crippen LogP) is 4.85. The molecule has 0 atom stereocenters. The van der Waals surface area contributed by atoms with Gasteiger partial charge in [0.25, 0.3) is 0 Å². The number of hydrogen-bond donors (Lipinski definition) is 2. The molecule has 2 aromatic rings. The Bertz CT molecular complexity index is 855. The highest BCUT2D eigenvalue weighted by Gasteiger charge is 2.31. The van der Waals surface area contributed by atoms with E-state index in [1.54, 1.807) is 0 Å². The zero-order chi connectivity index (χ0) is 21.9. The molecule has 7 nitrogen and oxygen atoms in total. The minimum Gasteiger partial charge on any atom is -0.406 e. The Morgan fingerprint density at radius 2 is 1.60 bits per heavy atom. The van der Waals surface area contributed by atoms with Crippen LogP contribution in [0.15, 0.2) is 24.3 Å². The largest absolute Gasteiger partial charge is 0.573 e. The Labute approximate surface area is 185 Å². The van der Waals surface area contributed by atoms with Gasteiger partial charge in [-0.1, -0.05) is 34.8 Å². The van der Waals surface area contributed by atoms with Crippen LogP contribution < -0.4 is 15.4 Å². The molecule has 0 unspecified atom stereocenters. The van der Waals surface area contributed by atoms with Gasteiger partial charge in [-0.05, 0) is 57.2 Å². The Kier molecular flexibility index (Phi) is 7.01. The molecule has 0 amide bonds. The summed E-state index contributed by atoms with van der Waals surface area (Å²) in [4.78, 5) is 14.8. The maximum absolute atomic E-state index is 12.3. The molecule has 1 aliphatic heterocycles. The molecule has 0 spiro atoms. The molecular weight excluding hydrogens is 468 g/mol. The van der Waals surface area contributed by atoms with Crippen molar-refractivity contribution in [3.05, 3.63) is 30.1 Å². The first-order valence-corrected chi connectivity index (χ1v) is 10.0.